The van der Waals surface area contributed by atoms with Crippen molar-refractivity contribution in [1.29, 1.82) is 0 Å². The molecule has 4 aliphatic carbocycles. The van der Waals surface area contributed by atoms with E-state index in [2.05, 4.69) is 41.4 Å². The average molecular weight is 423 g/mol. The number of likely N-dealkylation sites (tertiary alicyclic amines) is 1. The molecule has 4 saturated carbocycles. The summed E-state index contributed by atoms with van der Waals surface area (Å²) in [5, 5.41) is 3.30. The first-order valence-electron chi connectivity index (χ1n) is 12.5. The SMILES string of the molecule is CC(=O)NC12C[C@H]3C[C@@H](C1)CC(C(=O)N1CCC(CCc4ccc(C)cc4)CC1)(C3)C2. The second-order valence-corrected chi connectivity index (χ2v) is 11.5. The second-order valence-electron chi connectivity index (χ2n) is 11.5. The van der Waals surface area contributed by atoms with Crippen LogP contribution in [-0.4, -0.2) is 35.3 Å². The van der Waals surface area contributed by atoms with Crippen molar-refractivity contribution >= 4 is 11.8 Å². The molecular weight excluding hydrogens is 384 g/mol. The Kier molecular flexibility index (Phi) is 5.38. The van der Waals surface area contributed by atoms with Gasteiger partial charge in [0.2, 0.25) is 11.8 Å². The van der Waals surface area contributed by atoms with Crippen LogP contribution in [0.5, 0.6) is 0 Å². The maximum atomic E-state index is 13.8. The fourth-order valence-corrected chi connectivity index (χ4v) is 7.92. The van der Waals surface area contributed by atoms with Gasteiger partial charge in [0.25, 0.3) is 0 Å². The smallest absolute Gasteiger partial charge is 0.228 e. The largest absolute Gasteiger partial charge is 0.351 e. The Morgan fingerprint density at radius 2 is 1.68 bits per heavy atom. The quantitative estimate of drug-likeness (QED) is 0.751. The Hall–Kier alpha value is -1.84. The summed E-state index contributed by atoms with van der Waals surface area (Å²) in [6, 6.07) is 8.92. The van der Waals surface area contributed by atoms with Crippen LogP contribution in [0.1, 0.15) is 75.8 Å². The van der Waals surface area contributed by atoms with Crippen molar-refractivity contribution in [1.82, 2.24) is 10.2 Å². The third-order valence-electron chi connectivity index (χ3n) is 8.82. The number of piperidine rings is 1. The second kappa shape index (κ2) is 7.94. The number of rotatable bonds is 5. The van der Waals surface area contributed by atoms with Gasteiger partial charge in [-0.2, -0.15) is 0 Å². The number of hydrogen-bond donors (Lipinski definition) is 1. The molecule has 1 aromatic rings. The molecule has 168 valence electrons. The summed E-state index contributed by atoms with van der Waals surface area (Å²) in [6.45, 7) is 5.61. The van der Waals surface area contributed by atoms with E-state index in [0.717, 1.165) is 70.4 Å². The lowest BCUT2D eigenvalue weighted by atomic mass is 9.46. The molecule has 31 heavy (non-hydrogen) atoms. The minimum absolute atomic E-state index is 0.0685. The molecule has 2 unspecified atom stereocenters. The summed E-state index contributed by atoms with van der Waals surface area (Å²) in [4.78, 5) is 27.9. The first-order valence-corrected chi connectivity index (χ1v) is 12.5. The molecule has 5 fully saturated rings. The van der Waals surface area contributed by atoms with E-state index in [-0.39, 0.29) is 16.9 Å². The minimum atomic E-state index is -0.207. The highest BCUT2D eigenvalue weighted by atomic mass is 16.2. The number of aryl methyl sites for hydroxylation is 2. The standard InChI is InChI=1S/C27H38N2O2/c1-19-3-5-21(6-4-19)7-8-22-9-11-29(12-10-22)25(31)26-14-23-13-24(15-26)17-27(16-23,18-26)28-20(2)30/h3-6,22-24H,7-18H2,1-2H3,(H,28,30)/t23-,24+,26?,27?. The van der Waals surface area contributed by atoms with Crippen molar-refractivity contribution in [3.63, 3.8) is 0 Å². The van der Waals surface area contributed by atoms with Crippen molar-refractivity contribution in [3.05, 3.63) is 35.4 Å². The van der Waals surface area contributed by atoms with Gasteiger partial charge in [0.15, 0.2) is 0 Å². The zero-order valence-corrected chi connectivity index (χ0v) is 19.3. The highest BCUT2D eigenvalue weighted by molar-refractivity contribution is 5.84. The summed E-state index contributed by atoms with van der Waals surface area (Å²) >= 11 is 0. The van der Waals surface area contributed by atoms with Gasteiger partial charge in [0.1, 0.15) is 0 Å². The number of carbonyl (C=O) groups is 2. The van der Waals surface area contributed by atoms with Crippen molar-refractivity contribution in [2.24, 2.45) is 23.2 Å². The maximum Gasteiger partial charge on any atom is 0.228 e. The van der Waals surface area contributed by atoms with Gasteiger partial charge in [0.05, 0.1) is 5.41 Å². The Morgan fingerprint density at radius 1 is 1.03 bits per heavy atom. The molecule has 4 bridgehead atoms. The third kappa shape index (κ3) is 4.15. The van der Waals surface area contributed by atoms with Crippen LogP contribution in [0, 0.1) is 30.1 Å². The first-order chi connectivity index (χ1) is 14.8. The number of benzene rings is 1. The molecular formula is C27H38N2O2. The Balaban J connectivity index is 1.19. The van der Waals surface area contributed by atoms with Gasteiger partial charge in [-0.15, -0.1) is 0 Å². The molecule has 4 atom stereocenters. The van der Waals surface area contributed by atoms with Crippen molar-refractivity contribution < 1.29 is 9.59 Å². The lowest BCUT2D eigenvalue weighted by Crippen LogP contribution is -2.66. The molecule has 0 spiro atoms. The highest BCUT2D eigenvalue weighted by Gasteiger charge is 2.61. The molecule has 6 rings (SSSR count). The molecule has 0 radical (unpaired) electrons. The van der Waals surface area contributed by atoms with Crippen LogP contribution in [-0.2, 0) is 16.0 Å². The molecule has 0 aromatic heterocycles. The van der Waals surface area contributed by atoms with Crippen LogP contribution in [0.2, 0.25) is 0 Å². The van der Waals surface area contributed by atoms with Crippen LogP contribution in [0.4, 0.5) is 0 Å². The molecule has 1 N–H and O–H groups in total. The van der Waals surface area contributed by atoms with Gasteiger partial charge in [0, 0.05) is 25.6 Å². The van der Waals surface area contributed by atoms with Crippen LogP contribution in [0.25, 0.3) is 0 Å². The van der Waals surface area contributed by atoms with Crippen LogP contribution in [0.3, 0.4) is 0 Å². The number of nitrogens with zero attached hydrogens (tertiary/aromatic N) is 1. The topological polar surface area (TPSA) is 49.4 Å². The molecule has 4 heteroatoms. The number of amides is 2. The van der Waals surface area contributed by atoms with Crippen molar-refractivity contribution in [2.45, 2.75) is 83.6 Å². The fourth-order valence-electron chi connectivity index (χ4n) is 7.92. The predicted molar refractivity (Wildman–Crippen MR) is 122 cm³/mol. The lowest BCUT2D eigenvalue weighted by Gasteiger charge is -2.62. The van der Waals surface area contributed by atoms with E-state index in [1.165, 1.54) is 24.0 Å². The van der Waals surface area contributed by atoms with E-state index in [9.17, 15) is 9.59 Å². The third-order valence-corrected chi connectivity index (χ3v) is 8.82. The zero-order valence-electron chi connectivity index (χ0n) is 19.3. The highest BCUT2D eigenvalue weighted by Crippen LogP contribution is 2.62. The summed E-state index contributed by atoms with van der Waals surface area (Å²) in [5.74, 6) is 2.44. The number of nitrogens with one attached hydrogen (secondary N) is 1. The normalized spacial score (nSPS) is 34.7. The van der Waals surface area contributed by atoms with Gasteiger partial charge < -0.3 is 10.2 Å². The van der Waals surface area contributed by atoms with E-state index < -0.39 is 0 Å². The van der Waals surface area contributed by atoms with Crippen molar-refractivity contribution in [3.8, 4) is 0 Å². The zero-order chi connectivity index (χ0) is 21.6. The number of hydrogen-bond acceptors (Lipinski definition) is 2. The van der Waals surface area contributed by atoms with Gasteiger partial charge in [-0.3, -0.25) is 9.59 Å². The fraction of sp³-hybridized carbons (Fsp3) is 0.704. The van der Waals surface area contributed by atoms with Crippen LogP contribution in [0.15, 0.2) is 24.3 Å². The minimum Gasteiger partial charge on any atom is -0.351 e. The van der Waals surface area contributed by atoms with Gasteiger partial charge in [-0.25, -0.2) is 0 Å². The van der Waals surface area contributed by atoms with E-state index in [1.54, 1.807) is 6.92 Å². The summed E-state index contributed by atoms with van der Waals surface area (Å²) in [5.41, 5.74) is 2.43. The van der Waals surface area contributed by atoms with E-state index >= 15 is 0 Å². The molecule has 4 nitrogen and oxygen atoms in total. The van der Waals surface area contributed by atoms with E-state index in [4.69, 9.17) is 0 Å². The van der Waals surface area contributed by atoms with E-state index in [0.29, 0.717) is 17.7 Å². The van der Waals surface area contributed by atoms with Gasteiger partial charge in [-0.05, 0) is 94.4 Å². The van der Waals surface area contributed by atoms with Gasteiger partial charge >= 0.3 is 0 Å². The van der Waals surface area contributed by atoms with Crippen LogP contribution < -0.4 is 5.32 Å². The molecule has 5 aliphatic rings. The Bertz CT molecular complexity index is 823. The molecule has 2 amide bonds. The van der Waals surface area contributed by atoms with Crippen molar-refractivity contribution in [2.75, 3.05) is 13.1 Å². The maximum absolute atomic E-state index is 13.8. The molecule has 1 aromatic carbocycles. The summed E-state index contributed by atoms with van der Waals surface area (Å²) in [7, 11) is 0. The van der Waals surface area contributed by atoms with E-state index in [1.807, 2.05) is 0 Å². The van der Waals surface area contributed by atoms with Crippen LogP contribution >= 0.6 is 0 Å². The molecule has 1 saturated heterocycles. The monoisotopic (exact) mass is 422 g/mol. The van der Waals surface area contributed by atoms with Gasteiger partial charge in [-0.1, -0.05) is 29.8 Å². The Morgan fingerprint density at radius 3 is 2.29 bits per heavy atom. The summed E-state index contributed by atoms with van der Waals surface area (Å²) in [6.07, 6.45) is 11.1. The summed E-state index contributed by atoms with van der Waals surface area (Å²) < 4.78 is 0. The number of carbonyl (C=O) groups excluding carboxylic acids is 2. The predicted octanol–water partition coefficient (Wildman–Crippen LogP) is 4.64. The first kappa shape index (κ1) is 21.0. The Labute approximate surface area is 187 Å². The molecule has 1 heterocycles. The molecule has 1 aliphatic heterocycles. The average Bonchev–Trinajstić information content (AvgIpc) is 2.71. The lowest BCUT2D eigenvalue weighted by molar-refractivity contribution is -0.164.